The molecule has 1 N–H and O–H groups in total. The molecule has 3 atom stereocenters. The van der Waals surface area contributed by atoms with Gasteiger partial charge in [-0.2, -0.15) is 0 Å². The van der Waals surface area contributed by atoms with Crippen LogP contribution in [0.25, 0.3) is 0 Å². The smallest absolute Gasteiger partial charge is 0.0971 e. The van der Waals surface area contributed by atoms with Crippen LogP contribution < -0.4 is 0 Å². The molecule has 0 aromatic heterocycles. The van der Waals surface area contributed by atoms with Crippen LogP contribution in [0.4, 0.5) is 0 Å². The highest BCUT2D eigenvalue weighted by Gasteiger charge is 2.58. The van der Waals surface area contributed by atoms with Gasteiger partial charge in [0.2, 0.25) is 0 Å². The number of rotatable bonds is 4. The van der Waals surface area contributed by atoms with E-state index in [1.165, 1.54) is 11.1 Å². The van der Waals surface area contributed by atoms with Gasteiger partial charge in [0.15, 0.2) is 0 Å². The highest BCUT2D eigenvalue weighted by Crippen LogP contribution is 2.61. The molecular weight excluding hydrogens is 282 g/mol. The molecule has 1 aliphatic carbocycles. The average molecular weight is 309 g/mol. The van der Waals surface area contributed by atoms with Gasteiger partial charge >= 0.3 is 0 Å². The molecule has 122 valence electrons. The van der Waals surface area contributed by atoms with Gasteiger partial charge in [0.25, 0.3) is 0 Å². The molecule has 2 aromatic carbocycles. The molecule has 0 unspecified atom stereocenters. The number of benzene rings is 2. The van der Waals surface area contributed by atoms with Crippen molar-refractivity contribution in [2.24, 2.45) is 5.41 Å². The Kier molecular flexibility index (Phi) is 4.07. The van der Waals surface area contributed by atoms with Crippen molar-refractivity contribution >= 4 is 0 Å². The number of fused-ring (bicyclic) bond motifs is 1. The summed E-state index contributed by atoms with van der Waals surface area (Å²) >= 11 is 0. The SMILES string of the molecule is CC[C@]1(O)c2ccccc2[C@@H](c2ccccc2)[C@@]1(C)CN(C)C. The summed E-state index contributed by atoms with van der Waals surface area (Å²) in [6.07, 6.45) is 0.720. The topological polar surface area (TPSA) is 23.5 Å². The van der Waals surface area contributed by atoms with Gasteiger partial charge in [-0.25, -0.2) is 0 Å². The van der Waals surface area contributed by atoms with E-state index in [9.17, 15) is 5.11 Å². The maximum atomic E-state index is 11.7. The van der Waals surface area contributed by atoms with E-state index >= 15 is 0 Å². The molecule has 0 saturated carbocycles. The lowest BCUT2D eigenvalue weighted by atomic mass is 9.65. The predicted molar refractivity (Wildman–Crippen MR) is 95.6 cm³/mol. The highest BCUT2D eigenvalue weighted by atomic mass is 16.3. The molecular formula is C21H27NO. The zero-order valence-electron chi connectivity index (χ0n) is 14.6. The monoisotopic (exact) mass is 309 g/mol. The molecule has 0 heterocycles. The molecule has 2 nitrogen and oxygen atoms in total. The number of nitrogens with zero attached hydrogens (tertiary/aromatic N) is 1. The first-order valence-corrected chi connectivity index (χ1v) is 8.45. The Morgan fingerprint density at radius 3 is 2.22 bits per heavy atom. The van der Waals surface area contributed by atoms with Gasteiger partial charge < -0.3 is 10.0 Å². The van der Waals surface area contributed by atoms with Crippen molar-refractivity contribution in [2.75, 3.05) is 20.6 Å². The lowest BCUT2D eigenvalue weighted by molar-refractivity contribution is -0.0889. The quantitative estimate of drug-likeness (QED) is 0.923. The van der Waals surface area contributed by atoms with Crippen LogP contribution in [-0.2, 0) is 5.60 Å². The zero-order chi connectivity index (χ0) is 16.7. The minimum atomic E-state index is -0.811. The van der Waals surface area contributed by atoms with Gasteiger partial charge in [-0.05, 0) is 37.2 Å². The first-order valence-electron chi connectivity index (χ1n) is 8.45. The van der Waals surface area contributed by atoms with Gasteiger partial charge in [0, 0.05) is 17.9 Å². The van der Waals surface area contributed by atoms with E-state index < -0.39 is 5.60 Å². The van der Waals surface area contributed by atoms with Gasteiger partial charge in [-0.15, -0.1) is 0 Å². The standard InChI is InChI=1S/C21H27NO/c1-5-21(23)18-14-10-9-13-17(18)19(16-11-7-6-8-12-16)20(21,2)15-22(3)4/h6-14,19,23H,5,15H2,1-4H3/t19-,20-,21+/m1/s1. The second-order valence-corrected chi connectivity index (χ2v) is 7.30. The van der Waals surface area contributed by atoms with Crippen LogP contribution in [0.2, 0.25) is 0 Å². The van der Waals surface area contributed by atoms with E-state index in [1.807, 2.05) is 6.07 Å². The predicted octanol–water partition coefficient (Wildman–Crippen LogP) is 4.00. The Morgan fingerprint density at radius 2 is 1.61 bits per heavy atom. The summed E-state index contributed by atoms with van der Waals surface area (Å²) in [5.41, 5.74) is 2.58. The van der Waals surface area contributed by atoms with Crippen LogP contribution in [-0.4, -0.2) is 30.6 Å². The number of aliphatic hydroxyl groups is 1. The zero-order valence-corrected chi connectivity index (χ0v) is 14.6. The van der Waals surface area contributed by atoms with Gasteiger partial charge in [0.05, 0.1) is 5.60 Å². The third kappa shape index (κ3) is 2.32. The van der Waals surface area contributed by atoms with E-state index in [2.05, 4.69) is 81.4 Å². The van der Waals surface area contributed by atoms with Crippen molar-refractivity contribution in [3.05, 3.63) is 71.3 Å². The van der Waals surface area contributed by atoms with Crippen LogP contribution in [0.5, 0.6) is 0 Å². The maximum Gasteiger partial charge on any atom is 0.0971 e. The molecule has 0 spiro atoms. The minimum absolute atomic E-state index is 0.201. The molecule has 0 amide bonds. The first-order chi connectivity index (χ1) is 10.9. The van der Waals surface area contributed by atoms with Gasteiger partial charge in [-0.1, -0.05) is 68.4 Å². The fourth-order valence-electron chi connectivity index (χ4n) is 4.68. The van der Waals surface area contributed by atoms with E-state index in [4.69, 9.17) is 0 Å². The minimum Gasteiger partial charge on any atom is -0.385 e. The van der Waals surface area contributed by atoms with Crippen LogP contribution in [0, 0.1) is 5.41 Å². The summed E-state index contributed by atoms with van der Waals surface area (Å²) in [6, 6.07) is 19.1. The fourth-order valence-corrected chi connectivity index (χ4v) is 4.68. The van der Waals surface area contributed by atoms with Gasteiger partial charge in [0.1, 0.15) is 0 Å². The fraction of sp³-hybridized carbons (Fsp3) is 0.429. The lowest BCUT2D eigenvalue weighted by Gasteiger charge is -2.45. The Bertz CT molecular complexity index is 681. The summed E-state index contributed by atoms with van der Waals surface area (Å²) in [4.78, 5) is 2.20. The summed E-state index contributed by atoms with van der Waals surface area (Å²) in [7, 11) is 4.18. The van der Waals surface area contributed by atoms with Crippen LogP contribution in [0.1, 0.15) is 42.9 Å². The molecule has 3 rings (SSSR count). The molecule has 2 aromatic rings. The van der Waals surface area contributed by atoms with Crippen LogP contribution in [0.15, 0.2) is 54.6 Å². The van der Waals surface area contributed by atoms with E-state index in [0.29, 0.717) is 0 Å². The van der Waals surface area contributed by atoms with E-state index in [-0.39, 0.29) is 11.3 Å². The molecule has 2 heteroatoms. The second kappa shape index (κ2) is 5.77. The van der Waals surface area contributed by atoms with Crippen molar-refractivity contribution < 1.29 is 5.11 Å². The van der Waals surface area contributed by atoms with Crippen molar-refractivity contribution in [3.63, 3.8) is 0 Å². The lowest BCUT2D eigenvalue weighted by Crippen LogP contribution is -2.48. The third-order valence-corrected chi connectivity index (χ3v) is 5.59. The first kappa shape index (κ1) is 16.2. The summed E-state index contributed by atoms with van der Waals surface area (Å²) in [5.74, 6) is 0.201. The second-order valence-electron chi connectivity index (χ2n) is 7.30. The highest BCUT2D eigenvalue weighted by molar-refractivity contribution is 5.50. The summed E-state index contributed by atoms with van der Waals surface area (Å²) < 4.78 is 0. The molecule has 0 saturated heterocycles. The molecule has 0 fully saturated rings. The van der Waals surface area contributed by atoms with Crippen molar-refractivity contribution in [2.45, 2.75) is 31.8 Å². The Labute approximate surface area is 139 Å². The van der Waals surface area contributed by atoms with Crippen LogP contribution in [0.3, 0.4) is 0 Å². The number of hydrogen-bond donors (Lipinski definition) is 1. The van der Waals surface area contributed by atoms with Crippen LogP contribution >= 0.6 is 0 Å². The Hall–Kier alpha value is -1.64. The molecule has 23 heavy (non-hydrogen) atoms. The summed E-state index contributed by atoms with van der Waals surface area (Å²) in [6.45, 7) is 5.18. The normalized spacial score (nSPS) is 29.7. The molecule has 0 aliphatic heterocycles. The molecule has 1 aliphatic rings. The average Bonchev–Trinajstić information content (AvgIpc) is 2.73. The van der Waals surface area contributed by atoms with Crippen molar-refractivity contribution in [1.29, 1.82) is 0 Å². The maximum absolute atomic E-state index is 11.7. The Morgan fingerprint density at radius 1 is 1.00 bits per heavy atom. The molecule has 0 radical (unpaired) electrons. The summed E-state index contributed by atoms with van der Waals surface area (Å²) in [5, 5.41) is 11.7. The number of hydrogen-bond acceptors (Lipinski definition) is 2. The van der Waals surface area contributed by atoms with E-state index in [0.717, 1.165) is 18.5 Å². The van der Waals surface area contributed by atoms with Crippen molar-refractivity contribution in [1.82, 2.24) is 4.90 Å². The van der Waals surface area contributed by atoms with E-state index in [1.54, 1.807) is 0 Å². The largest absolute Gasteiger partial charge is 0.385 e. The molecule has 0 bridgehead atoms. The van der Waals surface area contributed by atoms with Gasteiger partial charge in [-0.3, -0.25) is 0 Å². The Balaban J connectivity index is 2.26. The van der Waals surface area contributed by atoms with Crippen molar-refractivity contribution in [3.8, 4) is 0 Å². The third-order valence-electron chi connectivity index (χ3n) is 5.59.